The predicted octanol–water partition coefficient (Wildman–Crippen LogP) is 3.38. The Kier molecular flexibility index (Phi) is 3.75. The van der Waals surface area contributed by atoms with Gasteiger partial charge in [0.25, 0.3) is 0 Å². The number of rotatable bonds is 2. The van der Waals surface area contributed by atoms with Crippen molar-refractivity contribution in [3.05, 3.63) is 53.6 Å². The number of hydrogen-bond donors (Lipinski definition) is 1. The van der Waals surface area contributed by atoms with Crippen LogP contribution in [0.25, 0.3) is 11.1 Å². The monoisotopic (exact) mass is 266 g/mol. The van der Waals surface area contributed by atoms with Gasteiger partial charge in [-0.2, -0.15) is 0 Å². The van der Waals surface area contributed by atoms with Crippen molar-refractivity contribution in [2.45, 2.75) is 13.8 Å². The number of anilines is 1. The second kappa shape index (κ2) is 5.68. The van der Waals surface area contributed by atoms with Gasteiger partial charge in [-0.15, -0.1) is 0 Å². The SMILES string of the molecule is Cc1ccc(-c2cccc(N3CCNCC3)c2)c(C)c1. The molecule has 3 rings (SSSR count). The molecule has 0 spiro atoms. The molecule has 104 valence electrons. The minimum atomic E-state index is 1.08. The van der Waals surface area contributed by atoms with E-state index in [4.69, 9.17) is 0 Å². The van der Waals surface area contributed by atoms with Crippen molar-refractivity contribution in [1.29, 1.82) is 0 Å². The van der Waals surface area contributed by atoms with Gasteiger partial charge in [-0.25, -0.2) is 0 Å². The molecule has 0 saturated carbocycles. The standard InChI is InChI=1S/C18H22N2/c1-14-6-7-18(15(2)12-14)16-4-3-5-17(13-16)20-10-8-19-9-11-20/h3-7,12-13,19H,8-11H2,1-2H3. The first-order valence-electron chi connectivity index (χ1n) is 7.37. The van der Waals surface area contributed by atoms with Crippen molar-refractivity contribution in [3.63, 3.8) is 0 Å². The third kappa shape index (κ3) is 2.70. The lowest BCUT2D eigenvalue weighted by atomic mass is 9.98. The normalized spacial score (nSPS) is 15.4. The molecule has 0 atom stereocenters. The van der Waals surface area contributed by atoms with Crippen LogP contribution in [-0.2, 0) is 0 Å². The summed E-state index contributed by atoms with van der Waals surface area (Å²) in [5.74, 6) is 0. The molecule has 0 unspecified atom stereocenters. The number of benzene rings is 2. The highest BCUT2D eigenvalue weighted by Gasteiger charge is 2.11. The Morgan fingerprint density at radius 1 is 0.950 bits per heavy atom. The summed E-state index contributed by atoms with van der Waals surface area (Å²) in [5.41, 5.74) is 6.67. The maximum atomic E-state index is 3.40. The molecule has 1 aliphatic rings. The zero-order valence-corrected chi connectivity index (χ0v) is 12.3. The van der Waals surface area contributed by atoms with Gasteiger partial charge in [0.2, 0.25) is 0 Å². The van der Waals surface area contributed by atoms with Crippen molar-refractivity contribution in [2.24, 2.45) is 0 Å². The summed E-state index contributed by atoms with van der Waals surface area (Å²) >= 11 is 0. The summed E-state index contributed by atoms with van der Waals surface area (Å²) in [6, 6.07) is 15.6. The molecule has 0 bridgehead atoms. The quantitative estimate of drug-likeness (QED) is 0.896. The summed E-state index contributed by atoms with van der Waals surface area (Å²) in [6.07, 6.45) is 0. The molecule has 1 N–H and O–H groups in total. The van der Waals surface area contributed by atoms with Crippen molar-refractivity contribution in [1.82, 2.24) is 5.32 Å². The lowest BCUT2D eigenvalue weighted by Gasteiger charge is -2.29. The van der Waals surface area contributed by atoms with E-state index in [1.54, 1.807) is 0 Å². The number of hydrogen-bond acceptors (Lipinski definition) is 2. The first-order chi connectivity index (χ1) is 9.74. The lowest BCUT2D eigenvalue weighted by molar-refractivity contribution is 0.589. The van der Waals surface area contributed by atoms with E-state index in [1.165, 1.54) is 27.9 Å². The summed E-state index contributed by atoms with van der Waals surface area (Å²) in [6.45, 7) is 8.68. The molecule has 2 aromatic carbocycles. The fourth-order valence-corrected chi connectivity index (χ4v) is 2.93. The Morgan fingerprint density at radius 3 is 2.50 bits per heavy atom. The van der Waals surface area contributed by atoms with Crippen LogP contribution < -0.4 is 10.2 Å². The summed E-state index contributed by atoms with van der Waals surface area (Å²) in [5, 5.41) is 3.40. The Morgan fingerprint density at radius 2 is 1.75 bits per heavy atom. The van der Waals surface area contributed by atoms with E-state index in [-0.39, 0.29) is 0 Å². The van der Waals surface area contributed by atoms with Gasteiger partial charge in [-0.1, -0.05) is 35.9 Å². The smallest absolute Gasteiger partial charge is 0.0373 e. The first-order valence-corrected chi connectivity index (χ1v) is 7.37. The Balaban J connectivity index is 1.94. The van der Waals surface area contributed by atoms with Crippen LogP contribution in [0.2, 0.25) is 0 Å². The van der Waals surface area contributed by atoms with Gasteiger partial charge >= 0.3 is 0 Å². The van der Waals surface area contributed by atoms with Crippen LogP contribution in [0.15, 0.2) is 42.5 Å². The summed E-state index contributed by atoms with van der Waals surface area (Å²) in [7, 11) is 0. The fourth-order valence-electron chi connectivity index (χ4n) is 2.93. The molecule has 0 aromatic heterocycles. The predicted molar refractivity (Wildman–Crippen MR) is 86.4 cm³/mol. The van der Waals surface area contributed by atoms with E-state index in [9.17, 15) is 0 Å². The molecule has 20 heavy (non-hydrogen) atoms. The molecule has 0 amide bonds. The highest BCUT2D eigenvalue weighted by atomic mass is 15.2. The van der Waals surface area contributed by atoms with Crippen molar-refractivity contribution >= 4 is 5.69 Å². The van der Waals surface area contributed by atoms with E-state index >= 15 is 0 Å². The average molecular weight is 266 g/mol. The third-order valence-corrected chi connectivity index (χ3v) is 4.02. The van der Waals surface area contributed by atoms with Gasteiger partial charge in [0, 0.05) is 31.9 Å². The van der Waals surface area contributed by atoms with Gasteiger partial charge < -0.3 is 10.2 Å². The van der Waals surface area contributed by atoms with E-state index in [0.29, 0.717) is 0 Å². The first kappa shape index (κ1) is 13.2. The van der Waals surface area contributed by atoms with E-state index in [2.05, 4.69) is 66.5 Å². The molecular weight excluding hydrogens is 244 g/mol. The van der Waals surface area contributed by atoms with Gasteiger partial charge in [0.1, 0.15) is 0 Å². The molecular formula is C18H22N2. The van der Waals surface area contributed by atoms with Crippen molar-refractivity contribution in [2.75, 3.05) is 31.1 Å². The van der Waals surface area contributed by atoms with Gasteiger partial charge in [0.15, 0.2) is 0 Å². The zero-order chi connectivity index (χ0) is 13.9. The molecule has 1 heterocycles. The summed E-state index contributed by atoms with van der Waals surface area (Å²) < 4.78 is 0. The van der Waals surface area contributed by atoms with Crippen LogP contribution in [0.1, 0.15) is 11.1 Å². The Bertz CT molecular complexity index is 598. The van der Waals surface area contributed by atoms with Gasteiger partial charge in [-0.3, -0.25) is 0 Å². The Hall–Kier alpha value is -1.80. The van der Waals surface area contributed by atoms with Crippen LogP contribution >= 0.6 is 0 Å². The van der Waals surface area contributed by atoms with Crippen LogP contribution in [0, 0.1) is 13.8 Å². The van der Waals surface area contributed by atoms with E-state index < -0.39 is 0 Å². The molecule has 2 heteroatoms. The lowest BCUT2D eigenvalue weighted by Crippen LogP contribution is -2.43. The number of aryl methyl sites for hydroxylation is 2. The molecule has 0 radical (unpaired) electrons. The number of piperazine rings is 1. The molecule has 2 aromatic rings. The van der Waals surface area contributed by atoms with E-state index in [1.807, 2.05) is 0 Å². The molecule has 1 saturated heterocycles. The maximum absolute atomic E-state index is 3.40. The van der Waals surface area contributed by atoms with Crippen LogP contribution in [0.5, 0.6) is 0 Å². The van der Waals surface area contributed by atoms with Crippen LogP contribution in [0.3, 0.4) is 0 Å². The largest absolute Gasteiger partial charge is 0.369 e. The van der Waals surface area contributed by atoms with E-state index in [0.717, 1.165) is 26.2 Å². The average Bonchev–Trinajstić information content (AvgIpc) is 2.48. The van der Waals surface area contributed by atoms with Crippen LogP contribution in [-0.4, -0.2) is 26.2 Å². The molecule has 1 aliphatic heterocycles. The maximum Gasteiger partial charge on any atom is 0.0373 e. The van der Waals surface area contributed by atoms with Gasteiger partial charge in [0.05, 0.1) is 0 Å². The number of nitrogens with zero attached hydrogens (tertiary/aromatic N) is 1. The Labute approximate surface area is 121 Å². The highest BCUT2D eigenvalue weighted by Crippen LogP contribution is 2.28. The second-order valence-electron chi connectivity index (χ2n) is 5.61. The molecule has 2 nitrogen and oxygen atoms in total. The molecule has 0 aliphatic carbocycles. The van der Waals surface area contributed by atoms with Gasteiger partial charge in [-0.05, 0) is 42.7 Å². The second-order valence-corrected chi connectivity index (χ2v) is 5.61. The van der Waals surface area contributed by atoms with Crippen molar-refractivity contribution in [3.8, 4) is 11.1 Å². The third-order valence-electron chi connectivity index (χ3n) is 4.02. The minimum absolute atomic E-state index is 1.08. The topological polar surface area (TPSA) is 15.3 Å². The minimum Gasteiger partial charge on any atom is -0.369 e. The fraction of sp³-hybridized carbons (Fsp3) is 0.333. The van der Waals surface area contributed by atoms with Crippen molar-refractivity contribution < 1.29 is 0 Å². The zero-order valence-electron chi connectivity index (χ0n) is 12.3. The summed E-state index contributed by atoms with van der Waals surface area (Å²) in [4.78, 5) is 2.46. The highest BCUT2D eigenvalue weighted by molar-refractivity contribution is 5.71. The van der Waals surface area contributed by atoms with Crippen LogP contribution in [0.4, 0.5) is 5.69 Å². The number of nitrogens with one attached hydrogen (secondary N) is 1. The molecule has 1 fully saturated rings.